The molecular formula is C31H26N4. The van der Waals surface area contributed by atoms with Crippen molar-refractivity contribution in [3.8, 4) is 22.8 Å². The van der Waals surface area contributed by atoms with Crippen molar-refractivity contribution in [3.63, 3.8) is 0 Å². The van der Waals surface area contributed by atoms with E-state index in [9.17, 15) is 0 Å². The minimum absolute atomic E-state index is 0.629. The SMILES string of the molecule is C=C1CC(C)=C(CC)N1c1nc(-c2ccc3ccccc3c2)nc(-c2cccc3ccccc23)n1. The molecule has 0 unspecified atom stereocenters. The van der Waals surface area contributed by atoms with Gasteiger partial charge < -0.3 is 0 Å². The second kappa shape index (κ2) is 8.48. The number of rotatable bonds is 4. The molecule has 0 amide bonds. The van der Waals surface area contributed by atoms with Crippen molar-refractivity contribution in [1.29, 1.82) is 0 Å². The lowest BCUT2D eigenvalue weighted by Crippen LogP contribution is -2.20. The maximum absolute atomic E-state index is 5.02. The highest BCUT2D eigenvalue weighted by Gasteiger charge is 2.27. The number of hydrogen-bond donors (Lipinski definition) is 0. The summed E-state index contributed by atoms with van der Waals surface area (Å²) in [6.07, 6.45) is 1.73. The summed E-state index contributed by atoms with van der Waals surface area (Å²) in [6.45, 7) is 8.68. The van der Waals surface area contributed by atoms with Gasteiger partial charge in [-0.2, -0.15) is 9.97 Å². The number of hydrogen-bond acceptors (Lipinski definition) is 4. The van der Waals surface area contributed by atoms with Crippen LogP contribution in [0.1, 0.15) is 26.7 Å². The minimum Gasteiger partial charge on any atom is -0.287 e. The van der Waals surface area contributed by atoms with Gasteiger partial charge in [0.15, 0.2) is 11.6 Å². The molecule has 170 valence electrons. The Bertz CT molecular complexity index is 1640. The predicted octanol–water partition coefficient (Wildman–Crippen LogP) is 7.92. The molecule has 0 radical (unpaired) electrons. The van der Waals surface area contributed by atoms with E-state index >= 15 is 0 Å². The van der Waals surface area contributed by atoms with Crippen molar-refractivity contribution in [2.45, 2.75) is 26.7 Å². The molecule has 6 rings (SSSR count). The van der Waals surface area contributed by atoms with E-state index < -0.39 is 0 Å². The summed E-state index contributed by atoms with van der Waals surface area (Å²) in [5, 5.41) is 4.64. The summed E-state index contributed by atoms with van der Waals surface area (Å²) < 4.78 is 0. The third-order valence-electron chi connectivity index (χ3n) is 6.74. The highest BCUT2D eigenvalue weighted by molar-refractivity contribution is 5.95. The van der Waals surface area contributed by atoms with Gasteiger partial charge in [0.05, 0.1) is 0 Å². The summed E-state index contributed by atoms with van der Waals surface area (Å²) in [5.41, 5.74) is 5.50. The standard InChI is InChI=1S/C31H26N4/c1-4-28-20(2)18-21(3)35(28)31-33-29(25-17-16-22-10-5-6-12-24(22)19-25)32-30(34-31)27-15-9-13-23-11-7-8-14-26(23)27/h5-17,19H,3-4,18H2,1-2H3. The number of aromatic nitrogens is 3. The van der Waals surface area contributed by atoms with Crippen molar-refractivity contribution in [3.05, 3.63) is 108 Å². The number of fused-ring (bicyclic) bond motifs is 2. The number of allylic oxidation sites excluding steroid dienone is 2. The molecule has 0 N–H and O–H groups in total. The van der Waals surface area contributed by atoms with E-state index in [1.807, 2.05) is 0 Å². The van der Waals surface area contributed by atoms with Gasteiger partial charge in [-0.3, -0.25) is 4.90 Å². The largest absolute Gasteiger partial charge is 0.287 e. The average molecular weight is 455 g/mol. The molecular weight excluding hydrogens is 428 g/mol. The van der Waals surface area contributed by atoms with Gasteiger partial charge in [0.25, 0.3) is 0 Å². The summed E-state index contributed by atoms with van der Waals surface area (Å²) >= 11 is 0. The normalized spacial score (nSPS) is 13.9. The van der Waals surface area contributed by atoms with Gasteiger partial charge in [-0.1, -0.05) is 92.4 Å². The summed E-state index contributed by atoms with van der Waals surface area (Å²) in [7, 11) is 0. The molecule has 0 saturated carbocycles. The first-order valence-electron chi connectivity index (χ1n) is 12.0. The van der Waals surface area contributed by atoms with Gasteiger partial charge in [0.2, 0.25) is 5.95 Å². The molecule has 1 aliphatic heterocycles. The van der Waals surface area contributed by atoms with Crippen LogP contribution in [0.15, 0.2) is 108 Å². The maximum Gasteiger partial charge on any atom is 0.238 e. The molecule has 4 nitrogen and oxygen atoms in total. The third-order valence-corrected chi connectivity index (χ3v) is 6.74. The van der Waals surface area contributed by atoms with Crippen LogP contribution in [0.3, 0.4) is 0 Å². The zero-order chi connectivity index (χ0) is 23.9. The number of benzene rings is 4. The Labute approximate surface area is 205 Å². The van der Waals surface area contributed by atoms with E-state index in [4.69, 9.17) is 15.0 Å². The first-order valence-corrected chi connectivity index (χ1v) is 12.0. The topological polar surface area (TPSA) is 41.9 Å². The Morgan fingerprint density at radius 2 is 1.49 bits per heavy atom. The quantitative estimate of drug-likeness (QED) is 0.277. The van der Waals surface area contributed by atoms with Crippen LogP contribution in [0, 0.1) is 0 Å². The lowest BCUT2D eigenvalue weighted by molar-refractivity contribution is 0.929. The van der Waals surface area contributed by atoms with Crippen molar-refractivity contribution in [2.24, 2.45) is 0 Å². The lowest BCUT2D eigenvalue weighted by atomic mass is 10.0. The monoisotopic (exact) mass is 454 g/mol. The zero-order valence-electron chi connectivity index (χ0n) is 20.0. The molecule has 4 heteroatoms. The van der Waals surface area contributed by atoms with Gasteiger partial charge in [-0.15, -0.1) is 0 Å². The Balaban J connectivity index is 1.60. The van der Waals surface area contributed by atoms with Gasteiger partial charge >= 0.3 is 0 Å². The van der Waals surface area contributed by atoms with Crippen molar-refractivity contribution in [2.75, 3.05) is 4.90 Å². The molecule has 0 bridgehead atoms. The molecule has 0 aliphatic carbocycles. The van der Waals surface area contributed by atoms with Crippen LogP contribution in [-0.4, -0.2) is 15.0 Å². The van der Waals surface area contributed by atoms with Crippen LogP contribution >= 0.6 is 0 Å². The van der Waals surface area contributed by atoms with Gasteiger partial charge in [-0.25, -0.2) is 4.98 Å². The lowest BCUT2D eigenvalue weighted by Gasteiger charge is -2.22. The number of nitrogens with zero attached hydrogens (tertiary/aromatic N) is 4. The van der Waals surface area contributed by atoms with Crippen LogP contribution in [0.25, 0.3) is 44.3 Å². The van der Waals surface area contributed by atoms with Gasteiger partial charge in [-0.05, 0) is 46.5 Å². The molecule has 5 aromatic rings. The van der Waals surface area contributed by atoms with E-state index in [-0.39, 0.29) is 0 Å². The second-order valence-electron chi connectivity index (χ2n) is 9.03. The zero-order valence-corrected chi connectivity index (χ0v) is 20.0. The summed E-state index contributed by atoms with van der Waals surface area (Å²) in [5.74, 6) is 1.96. The highest BCUT2D eigenvalue weighted by Crippen LogP contribution is 2.37. The summed E-state index contributed by atoms with van der Waals surface area (Å²) in [6, 6.07) is 29.4. The van der Waals surface area contributed by atoms with Crippen LogP contribution in [0.4, 0.5) is 5.95 Å². The van der Waals surface area contributed by atoms with Crippen LogP contribution in [0.2, 0.25) is 0 Å². The highest BCUT2D eigenvalue weighted by atomic mass is 15.3. The molecule has 4 aromatic carbocycles. The van der Waals surface area contributed by atoms with Gasteiger partial charge in [0, 0.05) is 28.9 Å². The third kappa shape index (κ3) is 3.68. The molecule has 0 saturated heterocycles. The van der Waals surface area contributed by atoms with Crippen LogP contribution in [-0.2, 0) is 0 Å². The fourth-order valence-electron chi connectivity index (χ4n) is 5.05. The predicted molar refractivity (Wildman–Crippen MR) is 145 cm³/mol. The Morgan fingerprint density at radius 3 is 2.31 bits per heavy atom. The van der Waals surface area contributed by atoms with Gasteiger partial charge in [0.1, 0.15) is 0 Å². The molecule has 1 aliphatic rings. The fourth-order valence-corrected chi connectivity index (χ4v) is 5.05. The average Bonchev–Trinajstić information content (AvgIpc) is 3.20. The molecule has 1 aromatic heterocycles. The fraction of sp³-hybridized carbons (Fsp3) is 0.129. The number of anilines is 1. The van der Waals surface area contributed by atoms with E-state index in [0.29, 0.717) is 17.6 Å². The molecule has 35 heavy (non-hydrogen) atoms. The first kappa shape index (κ1) is 21.2. The second-order valence-corrected chi connectivity index (χ2v) is 9.03. The molecule has 0 spiro atoms. The van der Waals surface area contributed by atoms with Crippen LogP contribution < -0.4 is 4.90 Å². The van der Waals surface area contributed by atoms with E-state index in [2.05, 4.69) is 110 Å². The Morgan fingerprint density at radius 1 is 0.771 bits per heavy atom. The van der Waals surface area contributed by atoms with Crippen molar-refractivity contribution < 1.29 is 0 Å². The van der Waals surface area contributed by atoms with E-state index in [1.54, 1.807) is 0 Å². The first-order chi connectivity index (χ1) is 17.1. The molecule has 0 fully saturated rings. The van der Waals surface area contributed by atoms with Crippen molar-refractivity contribution in [1.82, 2.24) is 15.0 Å². The van der Waals surface area contributed by atoms with E-state index in [0.717, 1.165) is 45.8 Å². The van der Waals surface area contributed by atoms with Crippen LogP contribution in [0.5, 0.6) is 0 Å². The maximum atomic E-state index is 5.02. The molecule has 2 heterocycles. The van der Waals surface area contributed by atoms with Crippen molar-refractivity contribution >= 4 is 27.5 Å². The summed E-state index contributed by atoms with van der Waals surface area (Å²) in [4.78, 5) is 17.1. The minimum atomic E-state index is 0.629. The Hall–Kier alpha value is -4.31. The molecule has 0 atom stereocenters. The Kier molecular flexibility index (Phi) is 5.14. The smallest absolute Gasteiger partial charge is 0.238 e. The van der Waals surface area contributed by atoms with E-state index in [1.165, 1.54) is 16.7 Å².